The number of amides is 2. The second-order valence-electron chi connectivity index (χ2n) is 8.70. The lowest BCUT2D eigenvalue weighted by atomic mass is 10.1. The monoisotopic (exact) mass is 428 g/mol. The van der Waals surface area contributed by atoms with Gasteiger partial charge >= 0.3 is 6.09 Å². The van der Waals surface area contributed by atoms with Crippen molar-refractivity contribution in [2.45, 2.75) is 64.3 Å². The summed E-state index contributed by atoms with van der Waals surface area (Å²) < 4.78 is 16.3. The van der Waals surface area contributed by atoms with E-state index in [-0.39, 0.29) is 24.2 Å². The maximum atomic E-state index is 12.9. The Kier molecular flexibility index (Phi) is 6.38. The molecule has 1 saturated carbocycles. The highest BCUT2D eigenvalue weighted by molar-refractivity contribution is 5.94. The van der Waals surface area contributed by atoms with Gasteiger partial charge in [0.05, 0.1) is 17.8 Å². The molecule has 8 nitrogen and oxygen atoms in total. The zero-order valence-corrected chi connectivity index (χ0v) is 18.2. The summed E-state index contributed by atoms with van der Waals surface area (Å²) in [5, 5.41) is 5.66. The van der Waals surface area contributed by atoms with Gasteiger partial charge in [-0.05, 0) is 46.1 Å². The lowest BCUT2D eigenvalue weighted by molar-refractivity contribution is 0.0489. The fourth-order valence-corrected chi connectivity index (χ4v) is 3.13. The number of carbonyl (C=O) groups is 2. The minimum Gasteiger partial charge on any atom is -0.481 e. The van der Waals surface area contributed by atoms with Gasteiger partial charge in [-0.15, -0.1) is 0 Å². The first-order chi connectivity index (χ1) is 14.6. The Morgan fingerprint density at radius 2 is 1.84 bits per heavy atom. The fraction of sp³-hybridized carbons (Fsp3) is 0.435. The lowest BCUT2D eigenvalue weighted by Gasteiger charge is -2.27. The second-order valence-corrected chi connectivity index (χ2v) is 8.70. The SMILES string of the molecule is C[C@@H](NC(=O)OC(C)(C)C)C1(NC(=O)c2occc(=O)c2OCc2ccccc2)CC1. The smallest absolute Gasteiger partial charge is 0.407 e. The van der Waals surface area contributed by atoms with Crippen LogP contribution >= 0.6 is 0 Å². The molecular weight excluding hydrogens is 400 g/mol. The van der Waals surface area contributed by atoms with Crippen LogP contribution in [0, 0.1) is 0 Å². The molecule has 1 aromatic heterocycles. The summed E-state index contributed by atoms with van der Waals surface area (Å²) in [4.78, 5) is 37.3. The van der Waals surface area contributed by atoms with Gasteiger partial charge in [0.2, 0.25) is 16.9 Å². The molecule has 0 radical (unpaired) electrons. The van der Waals surface area contributed by atoms with E-state index in [4.69, 9.17) is 13.9 Å². The Hall–Kier alpha value is -3.29. The summed E-state index contributed by atoms with van der Waals surface area (Å²) in [7, 11) is 0. The van der Waals surface area contributed by atoms with Gasteiger partial charge in [0, 0.05) is 6.07 Å². The Morgan fingerprint density at radius 1 is 1.16 bits per heavy atom. The first kappa shape index (κ1) is 22.4. The zero-order chi connectivity index (χ0) is 22.6. The third-order valence-electron chi connectivity index (χ3n) is 4.98. The molecule has 1 aliphatic carbocycles. The Balaban J connectivity index is 1.69. The molecule has 2 amide bonds. The standard InChI is InChI=1S/C23H28N2O6/c1-15(24-21(28)31-22(2,3)4)23(11-12-23)25-20(27)19-18(17(26)10-13-29-19)30-14-16-8-6-5-7-9-16/h5-10,13,15H,11-12,14H2,1-4H3,(H,24,28)(H,25,27)/t15-/m1/s1. The molecule has 0 saturated heterocycles. The molecule has 31 heavy (non-hydrogen) atoms. The van der Waals surface area contributed by atoms with Gasteiger partial charge in [-0.3, -0.25) is 9.59 Å². The van der Waals surface area contributed by atoms with Crippen molar-refractivity contribution in [3.63, 3.8) is 0 Å². The molecule has 2 aromatic rings. The topological polar surface area (TPSA) is 107 Å². The summed E-state index contributed by atoms with van der Waals surface area (Å²) in [6.45, 7) is 7.25. The zero-order valence-electron chi connectivity index (χ0n) is 18.2. The molecule has 1 fully saturated rings. The van der Waals surface area contributed by atoms with Crippen molar-refractivity contribution in [3.05, 3.63) is 64.2 Å². The van der Waals surface area contributed by atoms with Crippen LogP contribution in [-0.2, 0) is 11.3 Å². The van der Waals surface area contributed by atoms with Crippen molar-refractivity contribution in [2.75, 3.05) is 0 Å². The highest BCUT2D eigenvalue weighted by Crippen LogP contribution is 2.39. The van der Waals surface area contributed by atoms with Crippen molar-refractivity contribution >= 4 is 12.0 Å². The third-order valence-corrected chi connectivity index (χ3v) is 4.98. The van der Waals surface area contributed by atoms with Crippen molar-refractivity contribution in [2.24, 2.45) is 0 Å². The molecule has 1 aromatic carbocycles. The Labute approximate surface area is 180 Å². The lowest BCUT2D eigenvalue weighted by Crippen LogP contribution is -2.53. The number of alkyl carbamates (subject to hydrolysis) is 1. The van der Waals surface area contributed by atoms with Gasteiger partial charge in [-0.25, -0.2) is 4.79 Å². The molecule has 2 N–H and O–H groups in total. The van der Waals surface area contributed by atoms with E-state index in [1.807, 2.05) is 30.3 Å². The molecule has 1 aliphatic rings. The van der Waals surface area contributed by atoms with Gasteiger partial charge in [0.15, 0.2) is 0 Å². The van der Waals surface area contributed by atoms with Crippen LogP contribution in [0.4, 0.5) is 4.79 Å². The molecule has 0 spiro atoms. The number of benzene rings is 1. The summed E-state index contributed by atoms with van der Waals surface area (Å²) in [6.07, 6.45) is 1.95. The predicted octanol–water partition coefficient (Wildman–Crippen LogP) is 3.39. The average molecular weight is 428 g/mol. The molecule has 166 valence electrons. The van der Waals surface area contributed by atoms with Crippen LogP contribution in [0.3, 0.4) is 0 Å². The second kappa shape index (κ2) is 8.83. The van der Waals surface area contributed by atoms with Crippen molar-refractivity contribution in [1.82, 2.24) is 10.6 Å². The van der Waals surface area contributed by atoms with E-state index < -0.39 is 28.6 Å². The van der Waals surface area contributed by atoms with Gasteiger partial charge in [-0.1, -0.05) is 30.3 Å². The molecule has 0 aliphatic heterocycles. The van der Waals surface area contributed by atoms with E-state index in [2.05, 4.69) is 10.6 Å². The van der Waals surface area contributed by atoms with E-state index in [9.17, 15) is 14.4 Å². The number of nitrogens with one attached hydrogen (secondary N) is 2. The minimum absolute atomic E-state index is 0.123. The van der Waals surface area contributed by atoms with E-state index in [1.165, 1.54) is 6.07 Å². The molecule has 1 heterocycles. The Morgan fingerprint density at radius 3 is 2.45 bits per heavy atom. The van der Waals surface area contributed by atoms with Gasteiger partial charge in [0.25, 0.3) is 5.91 Å². The Bertz CT molecular complexity index is 989. The quantitative estimate of drug-likeness (QED) is 0.700. The summed E-state index contributed by atoms with van der Waals surface area (Å²) in [6, 6.07) is 10.1. The van der Waals surface area contributed by atoms with E-state index in [0.717, 1.165) is 11.8 Å². The van der Waals surface area contributed by atoms with E-state index >= 15 is 0 Å². The van der Waals surface area contributed by atoms with Crippen LogP contribution in [0.5, 0.6) is 5.75 Å². The average Bonchev–Trinajstić information content (AvgIpc) is 3.47. The maximum Gasteiger partial charge on any atom is 0.407 e. The van der Waals surface area contributed by atoms with Crippen molar-refractivity contribution in [3.8, 4) is 5.75 Å². The van der Waals surface area contributed by atoms with Crippen LogP contribution in [0.25, 0.3) is 0 Å². The summed E-state index contributed by atoms with van der Waals surface area (Å²) in [5.41, 5.74) is -0.857. The molecule has 8 heteroatoms. The number of carbonyl (C=O) groups excluding carboxylic acids is 2. The largest absolute Gasteiger partial charge is 0.481 e. The highest BCUT2D eigenvalue weighted by atomic mass is 16.6. The number of ether oxygens (including phenoxy) is 2. The normalized spacial score (nSPS) is 15.5. The summed E-state index contributed by atoms with van der Waals surface area (Å²) >= 11 is 0. The first-order valence-corrected chi connectivity index (χ1v) is 10.2. The molecule has 1 atom stereocenters. The molecule has 0 bridgehead atoms. The highest BCUT2D eigenvalue weighted by Gasteiger charge is 2.50. The number of hydrogen-bond donors (Lipinski definition) is 2. The van der Waals surface area contributed by atoms with E-state index in [1.54, 1.807) is 27.7 Å². The fourth-order valence-electron chi connectivity index (χ4n) is 3.13. The molecular formula is C23H28N2O6. The van der Waals surface area contributed by atoms with Gasteiger partial charge < -0.3 is 24.5 Å². The first-order valence-electron chi connectivity index (χ1n) is 10.2. The van der Waals surface area contributed by atoms with E-state index in [0.29, 0.717) is 12.8 Å². The number of hydrogen-bond acceptors (Lipinski definition) is 6. The predicted molar refractivity (Wildman–Crippen MR) is 114 cm³/mol. The van der Waals surface area contributed by atoms with Gasteiger partial charge in [0.1, 0.15) is 12.2 Å². The van der Waals surface area contributed by atoms with Crippen LogP contribution in [0.1, 0.15) is 56.7 Å². The van der Waals surface area contributed by atoms with Crippen LogP contribution in [0.15, 0.2) is 51.9 Å². The minimum atomic E-state index is -0.640. The maximum absolute atomic E-state index is 12.9. The molecule has 0 unspecified atom stereocenters. The van der Waals surface area contributed by atoms with Crippen LogP contribution in [0.2, 0.25) is 0 Å². The van der Waals surface area contributed by atoms with Crippen LogP contribution in [-0.4, -0.2) is 29.2 Å². The van der Waals surface area contributed by atoms with Crippen molar-refractivity contribution in [1.29, 1.82) is 0 Å². The van der Waals surface area contributed by atoms with Gasteiger partial charge in [-0.2, -0.15) is 0 Å². The molecule has 3 rings (SSSR count). The van der Waals surface area contributed by atoms with Crippen molar-refractivity contribution < 1.29 is 23.5 Å². The summed E-state index contributed by atoms with van der Waals surface area (Å²) in [5.74, 6) is -0.914. The van der Waals surface area contributed by atoms with Crippen LogP contribution < -0.4 is 20.8 Å². The number of rotatable bonds is 7. The third kappa shape index (κ3) is 5.87.